The van der Waals surface area contributed by atoms with Gasteiger partial charge in [-0.15, -0.1) is 13.2 Å². The van der Waals surface area contributed by atoms with E-state index in [4.69, 9.17) is 51.5 Å². The van der Waals surface area contributed by atoms with E-state index in [1.807, 2.05) is 46.8 Å². The zero-order chi connectivity index (χ0) is 73.8. The van der Waals surface area contributed by atoms with Crippen LogP contribution >= 0.6 is 0 Å². The molecule has 11 rings (SSSR count). The molecule has 0 spiro atoms. The summed E-state index contributed by atoms with van der Waals surface area (Å²) in [5, 5.41) is 3.94. The molecule has 0 radical (unpaired) electrons. The third-order valence-corrected chi connectivity index (χ3v) is 33.2. The number of carbonyl (C=O) groups excluding carboxylic acids is 2. The van der Waals surface area contributed by atoms with Crippen molar-refractivity contribution in [3.8, 4) is 0 Å². The maximum absolute atomic E-state index is 15.6. The van der Waals surface area contributed by atoms with Gasteiger partial charge in [-0.1, -0.05) is 221 Å². The van der Waals surface area contributed by atoms with E-state index in [1.165, 1.54) is 10.4 Å². The van der Waals surface area contributed by atoms with Crippen LogP contribution in [0.15, 0.2) is 183 Å². The molecule has 103 heavy (non-hydrogen) atoms. The van der Waals surface area contributed by atoms with E-state index in [0.29, 0.717) is 51.9 Å². The van der Waals surface area contributed by atoms with Crippen LogP contribution in [0.3, 0.4) is 0 Å². The molecule has 0 N–H and O–H groups in total. The average Bonchev–Trinajstić information content (AvgIpc) is 1.71. The zero-order valence-electron chi connectivity index (χ0n) is 64.3. The van der Waals surface area contributed by atoms with Crippen LogP contribution in [0.4, 0.5) is 4.79 Å². The van der Waals surface area contributed by atoms with Crippen molar-refractivity contribution in [3.05, 3.63) is 183 Å². The fraction of sp³-hybridized carbons (Fsp3) is 0.586. The van der Waals surface area contributed by atoms with Crippen molar-refractivity contribution in [2.45, 2.75) is 281 Å². The van der Waals surface area contributed by atoms with E-state index in [-0.39, 0.29) is 90.1 Å². The molecule has 0 aromatic heterocycles. The van der Waals surface area contributed by atoms with Gasteiger partial charge in [0.15, 0.2) is 0 Å². The number of hydrogen-bond donors (Lipinski definition) is 0. The number of ketones is 1. The van der Waals surface area contributed by atoms with Crippen LogP contribution in [0.5, 0.6) is 0 Å². The fourth-order valence-corrected chi connectivity index (χ4v) is 27.3. The molecule has 7 fully saturated rings. The van der Waals surface area contributed by atoms with Gasteiger partial charge in [-0.3, -0.25) is 9.69 Å². The van der Waals surface area contributed by atoms with Crippen LogP contribution in [0, 0.1) is 23.7 Å². The van der Waals surface area contributed by atoms with Crippen molar-refractivity contribution in [2.75, 3.05) is 19.8 Å². The number of fused-ring (bicyclic) bond motifs is 2. The van der Waals surface area contributed by atoms with Crippen molar-refractivity contribution in [1.29, 1.82) is 0 Å². The molecule has 19 atom stereocenters. The quantitative estimate of drug-likeness (QED) is 0.0318. The van der Waals surface area contributed by atoms with Crippen LogP contribution in [0.1, 0.15) is 168 Å². The van der Waals surface area contributed by atoms with Crippen molar-refractivity contribution < 1.29 is 61.1 Å². The van der Waals surface area contributed by atoms with Gasteiger partial charge in [0.25, 0.3) is 16.6 Å². The Kier molecular flexibility index (Phi) is 25.2. The predicted octanol–water partition coefficient (Wildman–Crippen LogP) is 15.3. The number of Topliss-reactive ketones (excluding diaryl/α,β-unsaturated/α-hetero) is 1. The van der Waals surface area contributed by atoms with Crippen LogP contribution in [-0.2, 0) is 56.3 Å². The lowest BCUT2D eigenvalue weighted by Gasteiger charge is -2.53. The second kappa shape index (κ2) is 33.0. The summed E-state index contributed by atoms with van der Waals surface area (Å²) in [4.78, 5) is 31.0. The number of allylic oxidation sites excluding steroid dienone is 1. The monoisotopic (exact) mass is 1440 g/mol. The molecule has 16 heteroatoms. The Morgan fingerprint density at radius 3 is 1.76 bits per heavy atom. The van der Waals surface area contributed by atoms with Gasteiger partial charge in [0, 0.05) is 32.1 Å². The summed E-state index contributed by atoms with van der Waals surface area (Å²) in [6.07, 6.45) is 8.62. The van der Waals surface area contributed by atoms with Gasteiger partial charge in [0.1, 0.15) is 47.6 Å². The van der Waals surface area contributed by atoms with Gasteiger partial charge in [-0.05, 0) is 139 Å². The summed E-state index contributed by atoms with van der Waals surface area (Å²) >= 11 is 0. The number of ether oxygens (including phenoxy) is 9. The van der Waals surface area contributed by atoms with Crippen LogP contribution in [-0.4, -0.2) is 156 Å². The molecule has 4 unspecified atom stereocenters. The minimum absolute atomic E-state index is 0.0284. The summed E-state index contributed by atoms with van der Waals surface area (Å²) in [5.74, 6) is 0.190. The van der Waals surface area contributed by atoms with E-state index >= 15 is 4.79 Å². The second-order valence-corrected chi connectivity index (χ2v) is 42.8. The summed E-state index contributed by atoms with van der Waals surface area (Å²) in [6, 6.07) is 43.3. The summed E-state index contributed by atoms with van der Waals surface area (Å²) in [7, 11) is -6.56. The number of carbonyl (C=O) groups is 2. The molecular weight excluding hydrogens is 1320 g/mol. The number of benzene rings is 4. The molecule has 14 nitrogen and oxygen atoms in total. The Hall–Kier alpha value is -5.45. The highest BCUT2D eigenvalue weighted by Crippen LogP contribution is 2.50. The third-order valence-electron chi connectivity index (χ3n) is 23.2. The Bertz CT molecular complexity index is 3450. The smallest absolute Gasteiger partial charge is 0.412 e. The van der Waals surface area contributed by atoms with Gasteiger partial charge >= 0.3 is 6.09 Å². The molecule has 7 aliphatic rings. The van der Waals surface area contributed by atoms with Crippen LogP contribution in [0.25, 0.3) is 0 Å². The highest BCUT2D eigenvalue weighted by Gasteiger charge is 2.65. The Labute approximate surface area is 618 Å². The molecule has 4 aromatic carbocycles. The number of hydrogen-bond acceptors (Lipinski definition) is 13. The SMILES string of the molecule is C=CCOC/C=C/[C@H]1CC(=C)C(CC[C@H]2C[C@@H](C)C(=C)[C@@H](CC3O[C@H](C[C@H]4CN(C(=O)OC(C)(C)C)C(C)(C)O4)[C@H](C)[C@H]3CC(=O)C[C@H]3CC[C@@H]4O[C@@H]5[C@@H](OC(CC(C)C=C)[C@@H]5O[Si](c5ccccc5)(c5ccccc5)C(C)(C)C)[C@@H](O[Si](c5ccccc5)(c5ccccc5)C(C)(C)C)[C@H]4O3)O2)O1. The molecule has 7 saturated heterocycles. The molecule has 7 aliphatic heterocycles. The van der Waals surface area contributed by atoms with E-state index in [2.05, 4.69) is 216 Å². The summed E-state index contributed by atoms with van der Waals surface area (Å²) in [5.41, 5.74) is 0.567. The molecule has 0 saturated carbocycles. The molecule has 4 aromatic rings. The normalized spacial score (nSPS) is 31.6. The lowest BCUT2D eigenvalue weighted by Crippen LogP contribution is -2.73. The minimum atomic E-state index is -3.35. The maximum atomic E-state index is 15.6. The number of nitrogens with zero attached hydrogens (tertiary/aromatic N) is 1. The maximum Gasteiger partial charge on any atom is 0.412 e. The Morgan fingerprint density at radius 1 is 0.631 bits per heavy atom. The highest BCUT2D eigenvalue weighted by atomic mass is 28.4. The first-order valence-corrected chi connectivity index (χ1v) is 42.3. The fourth-order valence-electron chi connectivity index (χ4n) is 17.9. The first-order valence-electron chi connectivity index (χ1n) is 38.5. The van der Waals surface area contributed by atoms with Gasteiger partial charge < -0.3 is 51.5 Å². The Balaban J connectivity index is 0.891. The molecule has 7 heterocycles. The number of rotatable bonds is 27. The highest BCUT2D eigenvalue weighted by molar-refractivity contribution is 7.00. The summed E-state index contributed by atoms with van der Waals surface area (Å²) in [6.45, 7) is 48.6. The Morgan fingerprint density at radius 2 is 1.20 bits per heavy atom. The zero-order valence-corrected chi connectivity index (χ0v) is 66.3. The van der Waals surface area contributed by atoms with Gasteiger partial charge in [-0.2, -0.15) is 0 Å². The average molecular weight is 1450 g/mol. The second-order valence-electron chi connectivity index (χ2n) is 34.3. The number of amides is 1. The van der Waals surface area contributed by atoms with Crippen molar-refractivity contribution in [3.63, 3.8) is 0 Å². The first-order chi connectivity index (χ1) is 48.9. The van der Waals surface area contributed by atoms with E-state index in [1.54, 1.807) is 11.0 Å². The standard InChI is InChI=1S/C87H121NO13Si2/c1-19-47-91-48-33-34-63-51-59(5)72(92-63)45-43-64-50-58(4)60(6)75(93-64)55-76-71(61(7)74(95-76)54-66-56-88(87(17,18)98-66)83(90)99-84(8,9)10)53-62(89)52-65-44-46-73-78(94-65)82(101-103(86(14,15)16,69-39-29-23-30-40-69)70-41-31-24-32-42-70)81-80(96-73)79(77(97-81)49-57(3)20-2)100-102(85(11,12)13,67-35-25-21-26-36-67)68-37-27-22-28-38-68/h19-42,57-58,61,63-66,71-82H,1-2,5-6,43-56H2,3-4,7-18H3/b34-33+/t57?,58-,61-,63+,64+,65-,66+,71-,72?,73+,74-,75-,76?,77?,78+,79+,80+,81-,82+/m1/s1. The summed E-state index contributed by atoms with van der Waals surface area (Å²) < 4.78 is 78.9. The van der Waals surface area contributed by atoms with Crippen molar-refractivity contribution >= 4 is 49.3 Å². The third kappa shape index (κ3) is 17.6. The molecule has 0 bridgehead atoms. The molecule has 1 amide bonds. The van der Waals surface area contributed by atoms with E-state index in [0.717, 1.165) is 47.2 Å². The van der Waals surface area contributed by atoms with Gasteiger partial charge in [0.2, 0.25) is 0 Å². The van der Waals surface area contributed by atoms with Crippen molar-refractivity contribution in [2.24, 2.45) is 23.7 Å². The van der Waals surface area contributed by atoms with Gasteiger partial charge in [0.05, 0.1) is 80.8 Å². The van der Waals surface area contributed by atoms with Crippen LogP contribution in [0.2, 0.25) is 10.1 Å². The largest absolute Gasteiger partial charge is 0.444 e. The predicted molar refractivity (Wildman–Crippen MR) is 414 cm³/mol. The molecule has 0 aliphatic carbocycles. The first kappa shape index (κ1) is 78.6. The minimum Gasteiger partial charge on any atom is -0.444 e. The lowest BCUT2D eigenvalue weighted by atomic mass is 9.78. The van der Waals surface area contributed by atoms with E-state index < -0.39 is 87.9 Å². The molecular formula is C87H121NO13Si2. The van der Waals surface area contributed by atoms with Crippen LogP contribution < -0.4 is 20.7 Å². The van der Waals surface area contributed by atoms with Crippen molar-refractivity contribution in [1.82, 2.24) is 4.90 Å². The van der Waals surface area contributed by atoms with E-state index in [9.17, 15) is 4.79 Å². The lowest BCUT2D eigenvalue weighted by molar-refractivity contribution is -0.254. The molecule has 560 valence electrons. The van der Waals surface area contributed by atoms with Gasteiger partial charge in [-0.25, -0.2) is 4.79 Å². The topological polar surface area (TPSA) is 139 Å².